The van der Waals surface area contributed by atoms with Crippen molar-refractivity contribution in [3.8, 4) is 0 Å². The summed E-state index contributed by atoms with van der Waals surface area (Å²) in [5.41, 5.74) is 11.0. The third-order valence-corrected chi connectivity index (χ3v) is 21.3. The summed E-state index contributed by atoms with van der Waals surface area (Å²) in [6, 6.07) is 24.7. The van der Waals surface area contributed by atoms with Crippen molar-refractivity contribution in [1.82, 2.24) is 0 Å². The predicted octanol–water partition coefficient (Wildman–Crippen LogP) is 19.0. The van der Waals surface area contributed by atoms with Gasteiger partial charge in [0.2, 0.25) is 11.4 Å². The average molecular weight is 1510 g/mol. The second-order valence-corrected chi connectivity index (χ2v) is 27.1. The summed E-state index contributed by atoms with van der Waals surface area (Å²) >= 11 is 14.2. The first-order valence-electron chi connectivity index (χ1n) is 27.5. The van der Waals surface area contributed by atoms with E-state index in [0.29, 0.717) is 11.4 Å². The molecule has 0 saturated heterocycles. The van der Waals surface area contributed by atoms with Crippen LogP contribution in [0.25, 0.3) is 0 Å². The summed E-state index contributed by atoms with van der Waals surface area (Å²) in [6.45, 7) is 8.25. The number of hydrogen-bond donors (Lipinski definition) is 1. The van der Waals surface area contributed by atoms with Gasteiger partial charge in [0.1, 0.15) is 28.0 Å². The molecule has 2 unspecified atom stereocenters. The van der Waals surface area contributed by atoms with E-state index >= 15 is 0 Å². The monoisotopic (exact) mass is 1500 g/mol. The molecule has 2 atom stereocenters. The molecule has 456 valence electrons. The van der Waals surface area contributed by atoms with E-state index in [4.69, 9.17) is 30.8 Å². The molecule has 4 aromatic carbocycles. The number of benzene rings is 4. The second kappa shape index (κ2) is 32.1. The number of carbonyl (C=O) groups is 1. The van der Waals surface area contributed by atoms with Crippen molar-refractivity contribution in [2.75, 3.05) is 0 Å². The molecular formula is C64H85Br5CrN4O9. The maximum absolute atomic E-state index is 12.6. The number of nitrogens with zero attached hydrogens (tertiary/aromatic N) is 4. The minimum absolute atomic E-state index is 0. The van der Waals surface area contributed by atoms with Gasteiger partial charge in [0.15, 0.2) is 16.9 Å². The fourth-order valence-electron chi connectivity index (χ4n) is 11.6. The molecule has 0 radical (unpaired) electrons. The molecule has 4 saturated carbocycles. The zero-order valence-electron chi connectivity index (χ0n) is 45.2. The van der Waals surface area contributed by atoms with Crippen molar-refractivity contribution in [3.63, 3.8) is 0 Å². The normalized spacial score (nSPS) is 21.4. The van der Waals surface area contributed by atoms with E-state index in [1.54, 1.807) is 0 Å². The first kappa shape index (κ1) is 72.2. The average Bonchev–Trinajstić information content (AvgIpc) is 4.21. The van der Waals surface area contributed by atoms with Gasteiger partial charge < -0.3 is 24.5 Å². The van der Waals surface area contributed by atoms with Gasteiger partial charge in [-0.1, -0.05) is 204 Å². The molecule has 4 aliphatic carbocycles. The van der Waals surface area contributed by atoms with E-state index < -0.39 is 31.3 Å². The van der Waals surface area contributed by atoms with Crippen molar-refractivity contribution < 1.29 is 54.6 Å². The Bertz CT molecular complexity index is 3010. The van der Waals surface area contributed by atoms with E-state index in [1.807, 2.05) is 50.2 Å². The van der Waals surface area contributed by atoms with Gasteiger partial charge in [0.05, 0.1) is 5.71 Å². The summed E-state index contributed by atoms with van der Waals surface area (Å²) in [5, 5.41) is 27.6. The summed E-state index contributed by atoms with van der Waals surface area (Å²) < 4.78 is 29.9. The summed E-state index contributed by atoms with van der Waals surface area (Å²) in [7, 11) is 0. The molecule has 1 N–H and O–H groups in total. The summed E-state index contributed by atoms with van der Waals surface area (Å²) in [4.78, 5) is 35.7. The van der Waals surface area contributed by atoms with Gasteiger partial charge in [-0.3, -0.25) is 4.79 Å². The van der Waals surface area contributed by atoms with E-state index in [-0.39, 0.29) is 51.5 Å². The van der Waals surface area contributed by atoms with Crippen LogP contribution in [0, 0.1) is 27.7 Å². The number of Topliss-reactive ketones (excluding diaryl/α,β-unsaturated/α-hetero) is 1. The summed E-state index contributed by atoms with van der Waals surface area (Å²) in [6.07, 6.45) is 22.7. The van der Waals surface area contributed by atoms with Crippen molar-refractivity contribution in [1.29, 1.82) is 0 Å². The number of carbonyl (C=O) groups excluding carboxylic acids is 1. The molecule has 4 heterocycles. The van der Waals surface area contributed by atoms with Gasteiger partial charge in [0.25, 0.3) is 0 Å². The van der Waals surface area contributed by atoms with Crippen LogP contribution in [0.4, 0.5) is 0 Å². The van der Waals surface area contributed by atoms with Gasteiger partial charge in [-0.05, 0) is 177 Å². The molecule has 8 aliphatic rings. The van der Waals surface area contributed by atoms with Gasteiger partial charge in [-0.15, -0.1) is 0 Å². The third kappa shape index (κ3) is 17.3. The molecule has 19 heteroatoms. The Morgan fingerprint density at radius 3 is 1.33 bits per heavy atom. The Balaban J connectivity index is 0.000000229. The van der Waals surface area contributed by atoms with Crippen LogP contribution in [-0.2, 0) is 49.5 Å². The molecule has 83 heavy (non-hydrogen) atoms. The van der Waals surface area contributed by atoms with E-state index in [2.05, 4.69) is 151 Å². The zero-order chi connectivity index (χ0) is 56.5. The van der Waals surface area contributed by atoms with Gasteiger partial charge in [0, 0.05) is 46.6 Å². The molecule has 12 rings (SSSR count). The molecule has 4 aromatic rings. The maximum atomic E-state index is 12.6. The predicted molar refractivity (Wildman–Crippen MR) is 347 cm³/mol. The molecule has 0 amide bonds. The van der Waals surface area contributed by atoms with Gasteiger partial charge in [-0.25, -0.2) is 0 Å². The molecular weight excluding hydrogens is 1420 g/mol. The third-order valence-electron chi connectivity index (χ3n) is 16.6. The molecule has 13 nitrogen and oxygen atoms in total. The second-order valence-electron chi connectivity index (χ2n) is 22.2. The number of aliphatic hydroxyl groups excluding tert-OH is 1. The number of hydrogen-bond acceptors (Lipinski definition) is 13. The first-order valence-corrected chi connectivity index (χ1v) is 33.2. The molecule has 4 spiro atoms. The van der Waals surface area contributed by atoms with Crippen LogP contribution in [0.15, 0.2) is 111 Å². The molecule has 4 aliphatic heterocycles. The first-order chi connectivity index (χ1) is 37.8. The van der Waals surface area contributed by atoms with E-state index in [9.17, 15) is 9.90 Å². The fourth-order valence-corrected chi connectivity index (χ4v) is 14.0. The quantitative estimate of drug-likeness (QED) is 0.195. The minimum atomic E-state index is -3.79. The van der Waals surface area contributed by atoms with Crippen LogP contribution in [0.5, 0.6) is 0 Å². The van der Waals surface area contributed by atoms with Crippen molar-refractivity contribution >= 4 is 108 Å². The number of halogens is 5. The van der Waals surface area contributed by atoms with Crippen LogP contribution >= 0.6 is 79.6 Å². The van der Waals surface area contributed by atoms with Crippen LogP contribution < -0.4 is 0 Å². The van der Waals surface area contributed by atoms with Crippen molar-refractivity contribution in [2.45, 2.75) is 226 Å². The Labute approximate surface area is 539 Å². The van der Waals surface area contributed by atoms with E-state index in [0.717, 1.165) is 135 Å². The number of ketones is 1. The van der Waals surface area contributed by atoms with Crippen molar-refractivity contribution in [3.05, 3.63) is 135 Å². The fraction of sp³-hybridized carbons (Fsp3) is 0.547. The van der Waals surface area contributed by atoms with Crippen LogP contribution in [-0.4, -0.2) is 67.1 Å². The molecule has 0 bridgehead atoms. The number of aryl methyl sites for hydroxylation is 4. The summed E-state index contributed by atoms with van der Waals surface area (Å²) in [5.74, 6) is 0.0583. The molecule has 4 fully saturated rings. The zero-order valence-corrected chi connectivity index (χ0v) is 54.4. The number of rotatable bonds is 4. The Morgan fingerprint density at radius 2 is 0.843 bits per heavy atom. The van der Waals surface area contributed by atoms with Crippen LogP contribution in [0.1, 0.15) is 209 Å². The Hall–Kier alpha value is -3.28. The van der Waals surface area contributed by atoms with E-state index in [1.165, 1.54) is 73.6 Å². The van der Waals surface area contributed by atoms with Crippen LogP contribution in [0.2, 0.25) is 0 Å². The topological polar surface area (TPSA) is 175 Å². The van der Waals surface area contributed by atoms with Gasteiger partial charge in [-0.2, -0.15) is 0 Å². The van der Waals surface area contributed by atoms with Gasteiger partial charge >= 0.3 is 25.4 Å². The standard InChI is InChI=1S/C15H17Br2NO.C15H18BrNO2.C15H16BrNO2.C15H18BrNO.4CH4.Cr.3O/c1-10-5-6-11(9-12(10)16)13-14(17)15(19-18-13)7-3-2-4-8-15;2*1-10-5-6-11(9-12(10)16)13-14(18)15(19-17-13)7-3-2-4-8-15;1-11-5-6-12(9-13(11)16)14-10-15(18-17-14)7-3-2-4-8-15;;;;;;;;/h5-6,9,14H,2-4,7-8H2,1H3;5-6,9,14,18H,2-4,7-8H2,1H3;5-6,9H,2-4,7-8H2,1H3;5-6,9H,2-4,7-8,10H2,1H3;4*1H4;;;;. The number of aliphatic hydroxyl groups is 1. The Kier molecular flexibility index (Phi) is 27.9. The Morgan fingerprint density at radius 1 is 0.470 bits per heavy atom. The number of alkyl halides is 1. The van der Waals surface area contributed by atoms with Crippen LogP contribution in [0.3, 0.4) is 0 Å². The molecule has 0 aromatic heterocycles. The SMILES string of the molecule is C.C.C.C.Cc1ccc(C2=NOC3(CCCCC3)C2)cc1Br.Cc1ccc(C2=NOC3(CCCCC3)C2=O)cc1Br.Cc1ccc(C2=NOC3(CCCCC3)C2Br)cc1Br.Cc1ccc(C2=NOC3(CCCCC3)C2O)cc1Br.[O]=[Cr](=[O])=[O]. The van der Waals surface area contributed by atoms with Crippen molar-refractivity contribution in [2.24, 2.45) is 20.6 Å². The number of oxime groups is 4.